The summed E-state index contributed by atoms with van der Waals surface area (Å²) in [5.41, 5.74) is -0.601. The van der Waals surface area contributed by atoms with E-state index in [1.54, 1.807) is 0 Å². The molecule has 0 bridgehead atoms. The van der Waals surface area contributed by atoms with Gasteiger partial charge in [-0.3, -0.25) is 9.59 Å². The van der Waals surface area contributed by atoms with Crippen LogP contribution in [0.2, 0.25) is 0 Å². The quantitative estimate of drug-likeness (QED) is 0.390. The third-order valence-electron chi connectivity index (χ3n) is 2.41. The third-order valence-corrected chi connectivity index (χ3v) is 2.41. The van der Waals surface area contributed by atoms with Crippen molar-refractivity contribution >= 4 is 11.9 Å². The fourth-order valence-corrected chi connectivity index (χ4v) is 1.22. The number of esters is 1. The van der Waals surface area contributed by atoms with E-state index in [1.807, 2.05) is 13.8 Å². The van der Waals surface area contributed by atoms with Crippen LogP contribution in [0.15, 0.2) is 12.8 Å². The standard InChI is InChI=1S/C11H18O5/c1-4-11(5-2,16-6-3)8-15-10(14)7-9(12)13/h6H,3-5,7-8H2,1-2H3,(H,12,13). The zero-order valence-electron chi connectivity index (χ0n) is 9.69. The summed E-state index contributed by atoms with van der Waals surface area (Å²) in [6.07, 6.45) is 1.97. The van der Waals surface area contributed by atoms with Gasteiger partial charge in [-0.05, 0) is 12.8 Å². The van der Waals surface area contributed by atoms with Crippen LogP contribution in [-0.2, 0) is 19.1 Å². The average molecular weight is 230 g/mol. The van der Waals surface area contributed by atoms with E-state index < -0.39 is 24.0 Å². The van der Waals surface area contributed by atoms with Crippen LogP contribution in [0.3, 0.4) is 0 Å². The van der Waals surface area contributed by atoms with Crippen molar-refractivity contribution in [1.82, 2.24) is 0 Å². The molecule has 0 saturated carbocycles. The lowest BCUT2D eigenvalue weighted by molar-refractivity contribution is -0.157. The monoisotopic (exact) mass is 230 g/mol. The van der Waals surface area contributed by atoms with Gasteiger partial charge in [0.1, 0.15) is 18.6 Å². The molecule has 0 aliphatic rings. The Morgan fingerprint density at radius 2 is 1.94 bits per heavy atom. The molecular weight excluding hydrogens is 212 g/mol. The number of carbonyl (C=O) groups is 2. The molecule has 92 valence electrons. The van der Waals surface area contributed by atoms with Crippen molar-refractivity contribution in [2.45, 2.75) is 38.7 Å². The summed E-state index contributed by atoms with van der Waals surface area (Å²) in [6.45, 7) is 7.30. The van der Waals surface area contributed by atoms with Crippen LogP contribution in [-0.4, -0.2) is 29.3 Å². The molecule has 0 aliphatic carbocycles. The highest BCUT2D eigenvalue weighted by atomic mass is 16.6. The largest absolute Gasteiger partial charge is 0.492 e. The molecule has 0 aromatic carbocycles. The molecule has 0 amide bonds. The predicted molar refractivity (Wildman–Crippen MR) is 57.8 cm³/mol. The first-order valence-corrected chi connectivity index (χ1v) is 5.15. The highest BCUT2D eigenvalue weighted by molar-refractivity contribution is 5.90. The normalized spacial score (nSPS) is 10.6. The summed E-state index contributed by atoms with van der Waals surface area (Å²) >= 11 is 0. The van der Waals surface area contributed by atoms with Crippen molar-refractivity contribution in [3.05, 3.63) is 12.8 Å². The van der Waals surface area contributed by atoms with E-state index in [1.165, 1.54) is 6.26 Å². The van der Waals surface area contributed by atoms with E-state index in [9.17, 15) is 9.59 Å². The molecule has 0 heterocycles. The predicted octanol–water partition coefficient (Wildman–Crippen LogP) is 1.72. The second kappa shape index (κ2) is 6.87. The first kappa shape index (κ1) is 14.5. The Hall–Kier alpha value is -1.52. The van der Waals surface area contributed by atoms with Gasteiger partial charge in [0.2, 0.25) is 0 Å². The van der Waals surface area contributed by atoms with E-state index in [4.69, 9.17) is 14.6 Å². The Labute approximate surface area is 95.0 Å². The maximum absolute atomic E-state index is 11.1. The highest BCUT2D eigenvalue weighted by Crippen LogP contribution is 2.21. The maximum Gasteiger partial charge on any atom is 0.317 e. The van der Waals surface area contributed by atoms with Crippen LogP contribution in [0.1, 0.15) is 33.1 Å². The molecule has 0 radical (unpaired) electrons. The van der Waals surface area contributed by atoms with Gasteiger partial charge in [-0.2, -0.15) is 0 Å². The fourth-order valence-electron chi connectivity index (χ4n) is 1.22. The minimum atomic E-state index is -1.20. The summed E-state index contributed by atoms with van der Waals surface area (Å²) in [5, 5.41) is 8.38. The average Bonchev–Trinajstić information content (AvgIpc) is 2.23. The van der Waals surface area contributed by atoms with E-state index in [-0.39, 0.29) is 6.61 Å². The summed E-state index contributed by atoms with van der Waals surface area (Å²) in [5.74, 6) is -1.96. The smallest absolute Gasteiger partial charge is 0.317 e. The summed E-state index contributed by atoms with van der Waals surface area (Å²) in [7, 11) is 0. The lowest BCUT2D eigenvalue weighted by atomic mass is 9.98. The second-order valence-corrected chi connectivity index (χ2v) is 3.41. The minimum absolute atomic E-state index is 0.0398. The fraction of sp³-hybridized carbons (Fsp3) is 0.636. The first-order valence-electron chi connectivity index (χ1n) is 5.15. The van der Waals surface area contributed by atoms with E-state index in [2.05, 4.69) is 6.58 Å². The lowest BCUT2D eigenvalue weighted by Crippen LogP contribution is -2.36. The van der Waals surface area contributed by atoms with Crippen molar-refractivity contribution in [3.63, 3.8) is 0 Å². The number of aliphatic carboxylic acids is 1. The topological polar surface area (TPSA) is 72.8 Å². The molecule has 0 atom stereocenters. The number of carboxylic acid groups (broad SMARTS) is 1. The summed E-state index contributed by atoms with van der Waals surface area (Å²) in [4.78, 5) is 21.3. The number of rotatable bonds is 8. The Balaban J connectivity index is 4.25. The molecule has 5 heteroatoms. The van der Waals surface area contributed by atoms with Gasteiger partial charge in [0.25, 0.3) is 0 Å². The number of hydrogen-bond acceptors (Lipinski definition) is 4. The number of ether oxygens (including phenoxy) is 2. The molecule has 0 aromatic heterocycles. The van der Waals surface area contributed by atoms with Gasteiger partial charge >= 0.3 is 11.9 Å². The van der Waals surface area contributed by atoms with Gasteiger partial charge in [-0.15, -0.1) is 0 Å². The van der Waals surface area contributed by atoms with Crippen molar-refractivity contribution in [2.75, 3.05) is 6.61 Å². The van der Waals surface area contributed by atoms with E-state index in [0.717, 1.165) is 0 Å². The Morgan fingerprint density at radius 3 is 2.31 bits per heavy atom. The Bertz CT molecular complexity index is 255. The molecule has 0 unspecified atom stereocenters. The van der Waals surface area contributed by atoms with Gasteiger partial charge in [-0.25, -0.2) is 0 Å². The molecule has 0 spiro atoms. The van der Waals surface area contributed by atoms with Crippen molar-refractivity contribution in [2.24, 2.45) is 0 Å². The van der Waals surface area contributed by atoms with Crippen LogP contribution in [0.4, 0.5) is 0 Å². The van der Waals surface area contributed by atoms with Crippen LogP contribution in [0, 0.1) is 0 Å². The molecule has 0 aromatic rings. The maximum atomic E-state index is 11.1. The van der Waals surface area contributed by atoms with Gasteiger partial charge in [0.15, 0.2) is 0 Å². The van der Waals surface area contributed by atoms with Crippen LogP contribution >= 0.6 is 0 Å². The van der Waals surface area contributed by atoms with Crippen molar-refractivity contribution in [3.8, 4) is 0 Å². The summed E-state index contributed by atoms with van der Waals surface area (Å²) < 4.78 is 10.2. The first-order chi connectivity index (χ1) is 7.49. The molecule has 16 heavy (non-hydrogen) atoms. The zero-order chi connectivity index (χ0) is 12.6. The van der Waals surface area contributed by atoms with E-state index in [0.29, 0.717) is 12.8 Å². The van der Waals surface area contributed by atoms with Gasteiger partial charge in [0.05, 0.1) is 6.26 Å². The van der Waals surface area contributed by atoms with E-state index >= 15 is 0 Å². The van der Waals surface area contributed by atoms with Gasteiger partial charge in [-0.1, -0.05) is 20.4 Å². The SMILES string of the molecule is C=COC(CC)(CC)COC(=O)CC(=O)O. The minimum Gasteiger partial charge on any atom is -0.492 e. The van der Waals surface area contributed by atoms with Crippen LogP contribution in [0.25, 0.3) is 0 Å². The Morgan fingerprint density at radius 1 is 1.38 bits per heavy atom. The molecule has 1 N–H and O–H groups in total. The molecule has 0 rings (SSSR count). The number of carboxylic acids is 1. The molecule has 0 saturated heterocycles. The number of carbonyl (C=O) groups excluding carboxylic acids is 1. The van der Waals surface area contributed by atoms with Crippen LogP contribution < -0.4 is 0 Å². The molecule has 0 aliphatic heterocycles. The second-order valence-electron chi connectivity index (χ2n) is 3.41. The lowest BCUT2D eigenvalue weighted by Gasteiger charge is -2.30. The zero-order valence-corrected chi connectivity index (χ0v) is 9.69. The summed E-state index contributed by atoms with van der Waals surface area (Å²) in [6, 6.07) is 0. The molecular formula is C11H18O5. The van der Waals surface area contributed by atoms with Crippen LogP contribution in [0.5, 0.6) is 0 Å². The third kappa shape index (κ3) is 4.82. The van der Waals surface area contributed by atoms with Crippen molar-refractivity contribution < 1.29 is 24.2 Å². The Kier molecular flexibility index (Phi) is 6.22. The van der Waals surface area contributed by atoms with Gasteiger partial charge < -0.3 is 14.6 Å². The van der Waals surface area contributed by atoms with Gasteiger partial charge in [0, 0.05) is 0 Å². The molecule has 0 fully saturated rings. The molecule has 5 nitrogen and oxygen atoms in total. The van der Waals surface area contributed by atoms with Crippen molar-refractivity contribution in [1.29, 1.82) is 0 Å². The number of hydrogen-bond donors (Lipinski definition) is 1. The highest BCUT2D eigenvalue weighted by Gasteiger charge is 2.29.